The van der Waals surface area contributed by atoms with Crippen LogP contribution in [0.25, 0.3) is 0 Å². The van der Waals surface area contributed by atoms with Crippen molar-refractivity contribution in [2.24, 2.45) is 5.73 Å². The zero-order valence-corrected chi connectivity index (χ0v) is 8.73. The van der Waals surface area contributed by atoms with E-state index < -0.39 is 0 Å². The molecule has 1 unspecified atom stereocenters. The van der Waals surface area contributed by atoms with Gasteiger partial charge in [0.2, 0.25) is 0 Å². The van der Waals surface area contributed by atoms with E-state index in [1.54, 1.807) is 0 Å². The summed E-state index contributed by atoms with van der Waals surface area (Å²) in [6, 6.07) is 7.04. The molecule has 70 valence electrons. The Balaban J connectivity index is 2.21. The molecule has 0 spiro atoms. The topological polar surface area (TPSA) is 26.0 Å². The van der Waals surface area contributed by atoms with Gasteiger partial charge in [-0.25, -0.2) is 0 Å². The Labute approximate surface area is 83.7 Å². The molecule has 0 radical (unpaired) electrons. The highest BCUT2D eigenvalue weighted by Gasteiger charge is 2.11. The molecule has 13 heavy (non-hydrogen) atoms. The smallest absolute Gasteiger partial charge is 0.0105 e. The van der Waals surface area contributed by atoms with Crippen molar-refractivity contribution in [3.63, 3.8) is 0 Å². The number of aryl methyl sites for hydroxylation is 1. The van der Waals surface area contributed by atoms with E-state index in [2.05, 4.69) is 25.1 Å². The fraction of sp³-hybridized carbons (Fsp3) is 0.455. The molecule has 1 aromatic rings. The summed E-state index contributed by atoms with van der Waals surface area (Å²) in [5, 5.41) is 0. The van der Waals surface area contributed by atoms with Crippen LogP contribution in [-0.4, -0.2) is 11.8 Å². The highest BCUT2D eigenvalue weighted by Crippen LogP contribution is 2.31. The summed E-state index contributed by atoms with van der Waals surface area (Å²) >= 11 is 1.96. The molecule has 2 rings (SSSR count). The van der Waals surface area contributed by atoms with Gasteiger partial charge in [-0.05, 0) is 37.0 Å². The number of benzene rings is 1. The molecule has 0 aromatic heterocycles. The molecule has 0 saturated heterocycles. The maximum atomic E-state index is 5.76. The molecule has 1 heterocycles. The summed E-state index contributed by atoms with van der Waals surface area (Å²) in [4.78, 5) is 1.47. The monoisotopic (exact) mass is 193 g/mol. The van der Waals surface area contributed by atoms with Gasteiger partial charge < -0.3 is 5.73 Å². The van der Waals surface area contributed by atoms with Crippen LogP contribution in [0.1, 0.15) is 18.1 Å². The maximum Gasteiger partial charge on any atom is 0.0105 e. The highest BCUT2D eigenvalue weighted by atomic mass is 32.2. The van der Waals surface area contributed by atoms with Gasteiger partial charge in [-0.1, -0.05) is 12.1 Å². The van der Waals surface area contributed by atoms with Crippen LogP contribution < -0.4 is 5.73 Å². The highest BCUT2D eigenvalue weighted by molar-refractivity contribution is 7.99. The molecule has 0 saturated carbocycles. The van der Waals surface area contributed by atoms with Gasteiger partial charge in [-0.2, -0.15) is 0 Å². The van der Waals surface area contributed by atoms with Crippen LogP contribution in [0.3, 0.4) is 0 Å². The van der Waals surface area contributed by atoms with Crippen LogP contribution in [0.2, 0.25) is 0 Å². The van der Waals surface area contributed by atoms with Gasteiger partial charge in [0.15, 0.2) is 0 Å². The molecule has 1 atom stereocenters. The second-order valence-corrected chi connectivity index (χ2v) is 4.86. The van der Waals surface area contributed by atoms with Crippen LogP contribution in [0.4, 0.5) is 0 Å². The van der Waals surface area contributed by atoms with Crippen molar-refractivity contribution >= 4 is 11.8 Å². The van der Waals surface area contributed by atoms with Crippen LogP contribution in [-0.2, 0) is 12.8 Å². The number of hydrogen-bond donors (Lipinski definition) is 1. The Hall–Kier alpha value is -0.470. The first-order chi connectivity index (χ1) is 6.25. The summed E-state index contributed by atoms with van der Waals surface area (Å²) in [6.07, 6.45) is 2.23. The molecule has 0 bridgehead atoms. The molecule has 1 aromatic carbocycles. The zero-order valence-electron chi connectivity index (χ0n) is 7.92. The lowest BCUT2D eigenvalue weighted by atomic mass is 10.0. The predicted molar refractivity (Wildman–Crippen MR) is 58.2 cm³/mol. The third-order valence-corrected chi connectivity index (χ3v) is 3.43. The first-order valence-corrected chi connectivity index (χ1v) is 5.74. The quantitative estimate of drug-likeness (QED) is 0.779. The summed E-state index contributed by atoms with van der Waals surface area (Å²) < 4.78 is 0. The predicted octanol–water partition coefficient (Wildman–Crippen LogP) is 2.22. The Kier molecular flexibility index (Phi) is 2.61. The standard InChI is InChI=1S/C11H15NS/c1-8(12)6-9-2-3-11-10(7-9)4-5-13-11/h2-3,7-8H,4-6,12H2,1H3. The summed E-state index contributed by atoms with van der Waals surface area (Å²) in [5.41, 5.74) is 8.67. The van der Waals surface area contributed by atoms with Gasteiger partial charge in [0.05, 0.1) is 0 Å². The van der Waals surface area contributed by atoms with Crippen molar-refractivity contribution < 1.29 is 0 Å². The molecule has 1 aliphatic rings. The second-order valence-electron chi connectivity index (χ2n) is 3.72. The SMILES string of the molecule is CC(N)Cc1ccc2c(c1)CCS2. The van der Waals surface area contributed by atoms with Gasteiger partial charge in [0.25, 0.3) is 0 Å². The van der Waals surface area contributed by atoms with Gasteiger partial charge in [0.1, 0.15) is 0 Å². The van der Waals surface area contributed by atoms with Gasteiger partial charge in [-0.15, -0.1) is 11.8 Å². The molecule has 1 aliphatic heterocycles. The average Bonchev–Trinajstić information content (AvgIpc) is 2.49. The molecule has 1 nitrogen and oxygen atoms in total. The third kappa shape index (κ3) is 2.06. The van der Waals surface area contributed by atoms with Crippen molar-refractivity contribution in [1.29, 1.82) is 0 Å². The van der Waals surface area contributed by atoms with E-state index in [1.165, 1.54) is 28.2 Å². The van der Waals surface area contributed by atoms with E-state index in [1.807, 2.05) is 11.8 Å². The Morgan fingerprint density at radius 1 is 1.54 bits per heavy atom. The molecular weight excluding hydrogens is 178 g/mol. The number of nitrogens with two attached hydrogens (primary N) is 1. The van der Waals surface area contributed by atoms with E-state index in [0.717, 1.165) is 6.42 Å². The zero-order chi connectivity index (χ0) is 9.26. The Morgan fingerprint density at radius 2 is 2.38 bits per heavy atom. The van der Waals surface area contributed by atoms with Crippen LogP contribution in [0.5, 0.6) is 0 Å². The molecule has 2 heteroatoms. The molecule has 2 N–H and O–H groups in total. The Morgan fingerprint density at radius 3 is 3.15 bits per heavy atom. The van der Waals surface area contributed by atoms with E-state index in [9.17, 15) is 0 Å². The summed E-state index contributed by atoms with van der Waals surface area (Å²) in [7, 11) is 0. The van der Waals surface area contributed by atoms with E-state index in [0.29, 0.717) is 0 Å². The molecule has 0 fully saturated rings. The minimum Gasteiger partial charge on any atom is -0.328 e. The minimum absolute atomic E-state index is 0.270. The number of thioether (sulfide) groups is 1. The number of rotatable bonds is 2. The van der Waals surface area contributed by atoms with Crippen molar-refractivity contribution in [1.82, 2.24) is 0 Å². The van der Waals surface area contributed by atoms with Crippen molar-refractivity contribution in [3.05, 3.63) is 29.3 Å². The van der Waals surface area contributed by atoms with Gasteiger partial charge in [-0.3, -0.25) is 0 Å². The molecule has 0 aliphatic carbocycles. The average molecular weight is 193 g/mol. The van der Waals surface area contributed by atoms with Crippen molar-refractivity contribution in [3.8, 4) is 0 Å². The largest absolute Gasteiger partial charge is 0.328 e. The molecular formula is C11H15NS. The van der Waals surface area contributed by atoms with E-state index in [4.69, 9.17) is 5.73 Å². The number of hydrogen-bond acceptors (Lipinski definition) is 2. The lowest BCUT2D eigenvalue weighted by Gasteiger charge is -2.06. The number of fused-ring (bicyclic) bond motifs is 1. The van der Waals surface area contributed by atoms with Crippen LogP contribution in [0, 0.1) is 0 Å². The van der Waals surface area contributed by atoms with E-state index >= 15 is 0 Å². The van der Waals surface area contributed by atoms with Gasteiger partial charge in [0, 0.05) is 16.7 Å². The van der Waals surface area contributed by atoms with Gasteiger partial charge >= 0.3 is 0 Å². The minimum atomic E-state index is 0.270. The Bertz CT molecular complexity index is 307. The lowest BCUT2D eigenvalue weighted by molar-refractivity contribution is 0.736. The summed E-state index contributed by atoms with van der Waals surface area (Å²) in [6.45, 7) is 2.06. The molecule has 0 amide bonds. The van der Waals surface area contributed by atoms with Crippen molar-refractivity contribution in [2.75, 3.05) is 5.75 Å². The first kappa shape index (κ1) is 9.10. The van der Waals surface area contributed by atoms with Crippen LogP contribution in [0.15, 0.2) is 23.1 Å². The van der Waals surface area contributed by atoms with Crippen molar-refractivity contribution in [2.45, 2.75) is 30.7 Å². The normalized spacial score (nSPS) is 17.1. The third-order valence-electron chi connectivity index (χ3n) is 2.31. The summed E-state index contributed by atoms with van der Waals surface area (Å²) in [5.74, 6) is 1.25. The second kappa shape index (κ2) is 3.72. The lowest BCUT2D eigenvalue weighted by Crippen LogP contribution is -2.17. The van der Waals surface area contributed by atoms with E-state index in [-0.39, 0.29) is 6.04 Å². The first-order valence-electron chi connectivity index (χ1n) is 4.76. The maximum absolute atomic E-state index is 5.76. The van der Waals surface area contributed by atoms with Crippen LogP contribution >= 0.6 is 11.8 Å². The fourth-order valence-corrected chi connectivity index (χ4v) is 2.79. The fourth-order valence-electron chi connectivity index (χ4n) is 1.74.